The minimum atomic E-state index is -0.425. The fourth-order valence-electron chi connectivity index (χ4n) is 1.53. The highest BCUT2D eigenvalue weighted by atomic mass is 16.3. The lowest BCUT2D eigenvalue weighted by atomic mass is 10.2. The fourth-order valence-corrected chi connectivity index (χ4v) is 1.53. The Bertz CT molecular complexity index is 488. The van der Waals surface area contributed by atoms with Gasteiger partial charge in [-0.1, -0.05) is 12.1 Å². The van der Waals surface area contributed by atoms with E-state index in [-0.39, 0.29) is 12.3 Å². The van der Waals surface area contributed by atoms with E-state index in [1.807, 2.05) is 18.2 Å². The van der Waals surface area contributed by atoms with Crippen LogP contribution in [0.25, 0.3) is 10.9 Å². The second-order valence-corrected chi connectivity index (χ2v) is 3.13. The normalized spacial score (nSPS) is 10.6. The van der Waals surface area contributed by atoms with Crippen LogP contribution in [0, 0.1) is 0 Å². The fraction of sp³-hybridized carbons (Fsp3) is 0.100. The van der Waals surface area contributed by atoms with E-state index in [0.29, 0.717) is 0 Å². The van der Waals surface area contributed by atoms with Gasteiger partial charge >= 0.3 is 0 Å². The van der Waals surface area contributed by atoms with E-state index in [0.717, 1.165) is 10.9 Å². The van der Waals surface area contributed by atoms with E-state index in [9.17, 15) is 9.90 Å². The Labute approximate surface area is 80.6 Å². The molecule has 2 aromatic rings. The van der Waals surface area contributed by atoms with Crippen LogP contribution >= 0.6 is 0 Å². The maximum Gasteiger partial charge on any atom is 0.237 e. The van der Waals surface area contributed by atoms with Crippen LogP contribution in [0.2, 0.25) is 0 Å². The molecule has 0 radical (unpaired) electrons. The van der Waals surface area contributed by atoms with Gasteiger partial charge in [-0.15, -0.1) is 0 Å². The zero-order valence-electron chi connectivity index (χ0n) is 7.47. The molecule has 3 N–H and O–H groups in total. The summed E-state index contributed by atoms with van der Waals surface area (Å²) in [4.78, 5) is 10.7. The molecule has 0 fully saturated rings. The summed E-state index contributed by atoms with van der Waals surface area (Å²) in [6.07, 6.45) is 1.51. The number of hydrogen-bond acceptors (Lipinski definition) is 2. The van der Waals surface area contributed by atoms with Gasteiger partial charge in [-0.2, -0.15) is 0 Å². The number of benzene rings is 1. The summed E-state index contributed by atoms with van der Waals surface area (Å²) in [7, 11) is 0. The second-order valence-electron chi connectivity index (χ2n) is 3.13. The van der Waals surface area contributed by atoms with Crippen molar-refractivity contribution >= 4 is 16.8 Å². The van der Waals surface area contributed by atoms with Crippen LogP contribution < -0.4 is 5.73 Å². The predicted molar refractivity (Wildman–Crippen MR) is 52.8 cm³/mol. The van der Waals surface area contributed by atoms with E-state index in [1.165, 1.54) is 6.20 Å². The molecule has 0 aliphatic heterocycles. The van der Waals surface area contributed by atoms with Crippen molar-refractivity contribution in [3.05, 3.63) is 30.5 Å². The topological polar surface area (TPSA) is 68.2 Å². The lowest BCUT2D eigenvalue weighted by Crippen LogP contribution is -2.17. The predicted octanol–water partition coefficient (Wildman–Crippen LogP) is 0.832. The highest BCUT2D eigenvalue weighted by molar-refractivity contribution is 5.87. The SMILES string of the molecule is NC(=O)Cn1cc(O)c2ccccc21. The van der Waals surface area contributed by atoms with Crippen molar-refractivity contribution in [1.82, 2.24) is 4.57 Å². The standard InChI is InChI=1S/C10H10N2O2/c11-10(14)6-12-5-9(13)7-3-1-2-4-8(7)12/h1-5,13H,6H2,(H2,11,14). The summed E-state index contributed by atoms with van der Waals surface area (Å²) < 4.78 is 1.63. The number of aromatic hydroxyl groups is 1. The van der Waals surface area contributed by atoms with Gasteiger partial charge in [0.2, 0.25) is 5.91 Å². The van der Waals surface area contributed by atoms with Crippen molar-refractivity contribution in [3.8, 4) is 5.75 Å². The van der Waals surface area contributed by atoms with Crippen LogP contribution in [-0.2, 0) is 11.3 Å². The number of rotatable bonds is 2. The highest BCUT2D eigenvalue weighted by Crippen LogP contribution is 2.26. The van der Waals surface area contributed by atoms with Crippen molar-refractivity contribution in [2.45, 2.75) is 6.54 Å². The Morgan fingerprint density at radius 3 is 2.86 bits per heavy atom. The van der Waals surface area contributed by atoms with E-state index in [4.69, 9.17) is 5.73 Å². The number of amides is 1. The number of fused-ring (bicyclic) bond motifs is 1. The third-order valence-corrected chi connectivity index (χ3v) is 2.09. The number of carbonyl (C=O) groups is 1. The van der Waals surface area contributed by atoms with Gasteiger partial charge in [-0.25, -0.2) is 0 Å². The van der Waals surface area contributed by atoms with E-state index < -0.39 is 5.91 Å². The summed E-state index contributed by atoms with van der Waals surface area (Å²) in [5, 5.41) is 10.3. The van der Waals surface area contributed by atoms with Crippen LogP contribution in [0.4, 0.5) is 0 Å². The summed E-state index contributed by atoms with van der Waals surface area (Å²) in [6, 6.07) is 7.30. The van der Waals surface area contributed by atoms with E-state index >= 15 is 0 Å². The summed E-state index contributed by atoms with van der Waals surface area (Å²) >= 11 is 0. The quantitative estimate of drug-likeness (QED) is 0.736. The number of para-hydroxylation sites is 1. The Hall–Kier alpha value is -1.97. The summed E-state index contributed by atoms with van der Waals surface area (Å²) in [6.45, 7) is 0.0844. The zero-order chi connectivity index (χ0) is 10.1. The van der Waals surface area contributed by atoms with Crippen LogP contribution in [0.1, 0.15) is 0 Å². The minimum Gasteiger partial charge on any atom is -0.506 e. The molecule has 0 aliphatic carbocycles. The van der Waals surface area contributed by atoms with Gasteiger partial charge in [0.25, 0.3) is 0 Å². The van der Waals surface area contributed by atoms with Crippen LogP contribution in [-0.4, -0.2) is 15.6 Å². The molecule has 0 saturated carbocycles. The number of nitrogens with two attached hydrogens (primary N) is 1. The first-order valence-corrected chi connectivity index (χ1v) is 4.23. The molecule has 72 valence electrons. The van der Waals surface area contributed by atoms with Crippen molar-refractivity contribution in [2.24, 2.45) is 5.73 Å². The van der Waals surface area contributed by atoms with Crippen LogP contribution in [0.5, 0.6) is 5.75 Å². The zero-order valence-corrected chi connectivity index (χ0v) is 7.47. The Morgan fingerprint density at radius 1 is 1.43 bits per heavy atom. The summed E-state index contributed by atoms with van der Waals surface area (Å²) in [5.74, 6) is -0.257. The first-order chi connectivity index (χ1) is 6.68. The lowest BCUT2D eigenvalue weighted by Gasteiger charge is -1.99. The molecular formula is C10H10N2O2. The molecular weight excluding hydrogens is 180 g/mol. The summed E-state index contributed by atoms with van der Waals surface area (Å²) in [5.41, 5.74) is 5.89. The van der Waals surface area contributed by atoms with Gasteiger partial charge in [0.05, 0.1) is 5.52 Å². The molecule has 0 spiro atoms. The molecule has 0 saturated heterocycles. The van der Waals surface area contributed by atoms with Gasteiger partial charge in [0.1, 0.15) is 12.3 Å². The Morgan fingerprint density at radius 2 is 2.14 bits per heavy atom. The van der Waals surface area contributed by atoms with Crippen molar-refractivity contribution < 1.29 is 9.90 Å². The first kappa shape index (κ1) is 8.62. The van der Waals surface area contributed by atoms with Gasteiger partial charge in [0, 0.05) is 11.6 Å². The minimum absolute atomic E-state index is 0.0844. The average Bonchev–Trinajstić information content (AvgIpc) is 2.44. The largest absolute Gasteiger partial charge is 0.506 e. The Balaban J connectivity index is 2.60. The number of primary amides is 1. The van der Waals surface area contributed by atoms with Gasteiger partial charge < -0.3 is 15.4 Å². The lowest BCUT2D eigenvalue weighted by molar-refractivity contribution is -0.118. The molecule has 0 aliphatic rings. The maximum atomic E-state index is 10.7. The molecule has 1 heterocycles. The molecule has 4 nitrogen and oxygen atoms in total. The van der Waals surface area contributed by atoms with Gasteiger partial charge in [-0.3, -0.25) is 4.79 Å². The molecule has 0 unspecified atom stereocenters. The number of carbonyl (C=O) groups excluding carboxylic acids is 1. The smallest absolute Gasteiger partial charge is 0.237 e. The molecule has 1 aromatic carbocycles. The van der Waals surface area contributed by atoms with Crippen LogP contribution in [0.15, 0.2) is 30.5 Å². The van der Waals surface area contributed by atoms with Crippen molar-refractivity contribution in [2.75, 3.05) is 0 Å². The molecule has 2 rings (SSSR count). The van der Waals surface area contributed by atoms with Crippen LogP contribution in [0.3, 0.4) is 0 Å². The number of hydrogen-bond donors (Lipinski definition) is 2. The average molecular weight is 190 g/mol. The molecule has 0 bridgehead atoms. The molecule has 4 heteroatoms. The van der Waals surface area contributed by atoms with Gasteiger partial charge in [-0.05, 0) is 12.1 Å². The second kappa shape index (κ2) is 3.06. The third kappa shape index (κ3) is 1.31. The van der Waals surface area contributed by atoms with Crippen molar-refractivity contribution in [1.29, 1.82) is 0 Å². The Kier molecular flexibility index (Phi) is 1.89. The number of aromatic nitrogens is 1. The van der Waals surface area contributed by atoms with Crippen molar-refractivity contribution in [3.63, 3.8) is 0 Å². The van der Waals surface area contributed by atoms with E-state index in [1.54, 1.807) is 10.6 Å². The number of nitrogens with zero attached hydrogens (tertiary/aromatic N) is 1. The highest BCUT2D eigenvalue weighted by Gasteiger charge is 2.07. The van der Waals surface area contributed by atoms with E-state index in [2.05, 4.69) is 0 Å². The monoisotopic (exact) mass is 190 g/mol. The van der Waals surface area contributed by atoms with Gasteiger partial charge in [0.15, 0.2) is 0 Å². The molecule has 1 amide bonds. The third-order valence-electron chi connectivity index (χ3n) is 2.09. The molecule has 0 atom stereocenters. The maximum absolute atomic E-state index is 10.7. The molecule has 1 aromatic heterocycles. The molecule has 14 heavy (non-hydrogen) atoms. The first-order valence-electron chi connectivity index (χ1n) is 4.23.